The van der Waals surface area contributed by atoms with Crippen molar-refractivity contribution in [1.29, 1.82) is 0 Å². The van der Waals surface area contributed by atoms with Crippen molar-refractivity contribution in [3.63, 3.8) is 0 Å². The van der Waals surface area contributed by atoms with Crippen LogP contribution in [-0.2, 0) is 9.63 Å². The molecule has 130 valence electrons. The lowest BCUT2D eigenvalue weighted by atomic mass is 10.0. The van der Waals surface area contributed by atoms with Crippen LogP contribution in [0, 0.1) is 0 Å². The van der Waals surface area contributed by atoms with E-state index in [1.807, 2.05) is 60.7 Å². The Bertz CT molecular complexity index is 837. The van der Waals surface area contributed by atoms with Crippen LogP contribution in [0.15, 0.2) is 90.1 Å². The van der Waals surface area contributed by atoms with Crippen LogP contribution >= 0.6 is 11.6 Å². The SMILES string of the molecule is O=C(COc1ccc(Cl)cc1)ON=C(c1ccccc1)c1ccccc1. The van der Waals surface area contributed by atoms with Crippen LogP contribution in [0.2, 0.25) is 5.02 Å². The monoisotopic (exact) mass is 365 g/mol. The highest BCUT2D eigenvalue weighted by Crippen LogP contribution is 2.15. The molecule has 0 amide bonds. The van der Waals surface area contributed by atoms with Crippen molar-refractivity contribution >= 4 is 23.3 Å². The van der Waals surface area contributed by atoms with Crippen LogP contribution in [0.1, 0.15) is 11.1 Å². The van der Waals surface area contributed by atoms with Crippen LogP contribution < -0.4 is 4.74 Å². The number of benzene rings is 3. The Hall–Kier alpha value is -3.11. The van der Waals surface area contributed by atoms with Gasteiger partial charge in [-0.05, 0) is 24.3 Å². The fourth-order valence-electron chi connectivity index (χ4n) is 2.26. The van der Waals surface area contributed by atoms with Gasteiger partial charge < -0.3 is 9.57 Å². The standard InChI is InChI=1S/C21H16ClNO3/c22-18-11-13-19(14-12-18)25-15-20(24)26-23-21(16-7-3-1-4-8-16)17-9-5-2-6-10-17/h1-14H,15H2. The van der Waals surface area contributed by atoms with Gasteiger partial charge in [0.15, 0.2) is 6.61 Å². The Morgan fingerprint density at radius 1 is 0.808 bits per heavy atom. The molecule has 0 aliphatic heterocycles. The molecule has 0 aromatic heterocycles. The lowest BCUT2D eigenvalue weighted by molar-refractivity contribution is -0.146. The van der Waals surface area contributed by atoms with E-state index in [1.165, 1.54) is 0 Å². The van der Waals surface area contributed by atoms with E-state index in [4.69, 9.17) is 21.2 Å². The second-order valence-electron chi connectivity index (χ2n) is 5.38. The molecule has 0 spiro atoms. The number of nitrogens with zero attached hydrogens (tertiary/aromatic N) is 1. The van der Waals surface area contributed by atoms with Gasteiger partial charge in [-0.2, -0.15) is 0 Å². The lowest BCUT2D eigenvalue weighted by Crippen LogP contribution is -2.14. The van der Waals surface area contributed by atoms with E-state index in [-0.39, 0.29) is 6.61 Å². The van der Waals surface area contributed by atoms with Gasteiger partial charge in [0.1, 0.15) is 11.5 Å². The molecule has 26 heavy (non-hydrogen) atoms. The van der Waals surface area contributed by atoms with Gasteiger partial charge in [0.05, 0.1) is 0 Å². The number of hydrogen-bond donors (Lipinski definition) is 0. The summed E-state index contributed by atoms with van der Waals surface area (Å²) in [7, 11) is 0. The number of oxime groups is 1. The molecule has 3 aromatic rings. The molecule has 0 N–H and O–H groups in total. The highest BCUT2D eigenvalue weighted by molar-refractivity contribution is 6.30. The van der Waals surface area contributed by atoms with E-state index >= 15 is 0 Å². The molecule has 0 unspecified atom stereocenters. The summed E-state index contributed by atoms with van der Waals surface area (Å²) in [6.07, 6.45) is 0. The summed E-state index contributed by atoms with van der Waals surface area (Å²) >= 11 is 5.81. The van der Waals surface area contributed by atoms with E-state index in [0.29, 0.717) is 16.5 Å². The smallest absolute Gasteiger partial charge is 0.372 e. The molecule has 0 aliphatic rings. The molecule has 0 bridgehead atoms. The van der Waals surface area contributed by atoms with Crippen molar-refractivity contribution in [3.8, 4) is 5.75 Å². The van der Waals surface area contributed by atoms with Gasteiger partial charge in [-0.15, -0.1) is 0 Å². The summed E-state index contributed by atoms with van der Waals surface area (Å²) in [5.74, 6) is -0.0639. The van der Waals surface area contributed by atoms with Gasteiger partial charge in [0, 0.05) is 16.1 Å². The average Bonchev–Trinajstić information content (AvgIpc) is 2.69. The fourth-order valence-corrected chi connectivity index (χ4v) is 2.39. The molecule has 5 heteroatoms. The zero-order valence-electron chi connectivity index (χ0n) is 13.8. The third kappa shape index (κ3) is 4.94. The fraction of sp³-hybridized carbons (Fsp3) is 0.0476. The lowest BCUT2D eigenvalue weighted by Gasteiger charge is -2.07. The minimum atomic E-state index is -0.593. The van der Waals surface area contributed by atoms with Crippen molar-refractivity contribution in [3.05, 3.63) is 101 Å². The van der Waals surface area contributed by atoms with E-state index in [0.717, 1.165) is 11.1 Å². The molecule has 0 atom stereocenters. The Labute approximate surface area is 156 Å². The molecule has 0 fully saturated rings. The third-order valence-electron chi connectivity index (χ3n) is 3.50. The highest BCUT2D eigenvalue weighted by atomic mass is 35.5. The molecule has 4 nitrogen and oxygen atoms in total. The Morgan fingerprint density at radius 2 is 1.35 bits per heavy atom. The Balaban J connectivity index is 1.70. The average molecular weight is 366 g/mol. The summed E-state index contributed by atoms with van der Waals surface area (Å²) in [6, 6.07) is 25.8. The first-order chi connectivity index (χ1) is 12.7. The maximum absolute atomic E-state index is 12.0. The van der Waals surface area contributed by atoms with Gasteiger partial charge in [-0.3, -0.25) is 0 Å². The second-order valence-corrected chi connectivity index (χ2v) is 5.81. The van der Waals surface area contributed by atoms with E-state index in [9.17, 15) is 4.79 Å². The molecule has 0 saturated heterocycles. The van der Waals surface area contributed by atoms with Gasteiger partial charge >= 0.3 is 5.97 Å². The number of carbonyl (C=O) groups excluding carboxylic acids is 1. The number of ether oxygens (including phenoxy) is 1. The van der Waals surface area contributed by atoms with Crippen LogP contribution in [0.25, 0.3) is 0 Å². The topological polar surface area (TPSA) is 47.9 Å². The first kappa shape index (κ1) is 17.7. The molecule has 0 radical (unpaired) electrons. The highest BCUT2D eigenvalue weighted by Gasteiger charge is 2.10. The molecule has 3 rings (SSSR count). The molecular weight excluding hydrogens is 350 g/mol. The largest absolute Gasteiger partial charge is 0.482 e. The maximum Gasteiger partial charge on any atom is 0.372 e. The second kappa shape index (κ2) is 8.83. The summed E-state index contributed by atoms with van der Waals surface area (Å²) in [4.78, 5) is 17.0. The maximum atomic E-state index is 12.0. The number of rotatable bonds is 6. The number of carbonyl (C=O) groups is 1. The first-order valence-corrected chi connectivity index (χ1v) is 8.37. The minimum absolute atomic E-state index is 0.248. The van der Waals surface area contributed by atoms with E-state index < -0.39 is 5.97 Å². The van der Waals surface area contributed by atoms with Crippen molar-refractivity contribution in [2.45, 2.75) is 0 Å². The molecule has 0 heterocycles. The summed E-state index contributed by atoms with van der Waals surface area (Å²) < 4.78 is 5.36. The predicted octanol–water partition coefficient (Wildman–Crippen LogP) is 4.71. The zero-order valence-corrected chi connectivity index (χ0v) is 14.6. The van der Waals surface area contributed by atoms with Crippen LogP contribution in [-0.4, -0.2) is 18.3 Å². The van der Waals surface area contributed by atoms with E-state index in [2.05, 4.69) is 5.16 Å². The van der Waals surface area contributed by atoms with Crippen LogP contribution in [0.5, 0.6) is 5.75 Å². The van der Waals surface area contributed by atoms with Gasteiger partial charge in [-0.1, -0.05) is 77.4 Å². The summed E-state index contributed by atoms with van der Waals surface area (Å²) in [5.41, 5.74) is 2.28. The normalized spacial score (nSPS) is 10.0. The van der Waals surface area contributed by atoms with Crippen LogP contribution in [0.3, 0.4) is 0 Å². The van der Waals surface area contributed by atoms with Gasteiger partial charge in [0.25, 0.3) is 0 Å². The summed E-state index contributed by atoms with van der Waals surface area (Å²) in [6.45, 7) is -0.248. The number of hydrogen-bond acceptors (Lipinski definition) is 4. The minimum Gasteiger partial charge on any atom is -0.482 e. The molecule has 0 saturated carbocycles. The van der Waals surface area contributed by atoms with Crippen molar-refractivity contribution in [2.24, 2.45) is 5.16 Å². The van der Waals surface area contributed by atoms with Gasteiger partial charge in [-0.25, -0.2) is 4.79 Å². The third-order valence-corrected chi connectivity index (χ3v) is 3.76. The van der Waals surface area contributed by atoms with E-state index in [1.54, 1.807) is 24.3 Å². The summed E-state index contributed by atoms with van der Waals surface area (Å²) in [5, 5.41) is 4.65. The first-order valence-electron chi connectivity index (χ1n) is 7.99. The van der Waals surface area contributed by atoms with Crippen LogP contribution in [0.4, 0.5) is 0 Å². The predicted molar refractivity (Wildman–Crippen MR) is 102 cm³/mol. The van der Waals surface area contributed by atoms with Crippen molar-refractivity contribution in [1.82, 2.24) is 0 Å². The molecular formula is C21H16ClNO3. The molecule has 3 aromatic carbocycles. The van der Waals surface area contributed by atoms with Gasteiger partial charge in [0.2, 0.25) is 0 Å². The Morgan fingerprint density at radius 3 is 1.88 bits per heavy atom. The number of halogens is 1. The molecule has 0 aliphatic carbocycles. The quantitative estimate of drug-likeness (QED) is 0.361. The van der Waals surface area contributed by atoms with Crippen molar-refractivity contribution in [2.75, 3.05) is 6.61 Å². The Kier molecular flexibility index (Phi) is 6.01. The van der Waals surface area contributed by atoms with Crippen molar-refractivity contribution < 1.29 is 14.4 Å². The zero-order chi connectivity index (χ0) is 18.2.